The molecule has 1 aliphatic heterocycles. The minimum absolute atomic E-state index is 0.0827. The molecular weight excluding hydrogens is 408 g/mol. The van der Waals surface area contributed by atoms with Crippen LogP contribution in [0.3, 0.4) is 0 Å². The molecule has 0 aliphatic carbocycles. The summed E-state index contributed by atoms with van der Waals surface area (Å²) in [6.45, 7) is 5.61. The van der Waals surface area contributed by atoms with Crippen molar-refractivity contribution in [2.45, 2.75) is 26.8 Å². The lowest BCUT2D eigenvalue weighted by Gasteiger charge is -2.24. The average Bonchev–Trinajstić information content (AvgIpc) is 3.20. The maximum absolute atomic E-state index is 12.7. The summed E-state index contributed by atoms with van der Waals surface area (Å²) < 4.78 is 42.4. The van der Waals surface area contributed by atoms with E-state index in [1.807, 2.05) is 38.1 Å². The van der Waals surface area contributed by atoms with Crippen molar-refractivity contribution in [2.75, 3.05) is 30.0 Å². The van der Waals surface area contributed by atoms with Crippen molar-refractivity contribution < 1.29 is 27.4 Å². The van der Waals surface area contributed by atoms with Gasteiger partial charge in [-0.1, -0.05) is 12.1 Å². The van der Waals surface area contributed by atoms with Crippen molar-refractivity contribution in [2.24, 2.45) is 0 Å². The first-order valence-corrected chi connectivity index (χ1v) is 11.4. The number of fused-ring (bicyclic) bond motifs is 1. The number of nitrogens with one attached hydrogen (secondary N) is 1. The normalized spacial score (nSPS) is 13.6. The Balaban J connectivity index is 1.73. The fraction of sp³-hybridized carbons (Fsp3) is 0.381. The molecule has 1 N–H and O–H groups in total. The lowest BCUT2D eigenvalue weighted by atomic mass is 10.1. The Hall–Kier alpha value is -2.94. The van der Waals surface area contributed by atoms with Crippen LogP contribution in [-0.2, 0) is 14.8 Å². The van der Waals surface area contributed by atoms with Crippen molar-refractivity contribution in [1.29, 1.82) is 0 Å². The van der Waals surface area contributed by atoms with Gasteiger partial charge in [-0.25, -0.2) is 8.42 Å². The summed E-state index contributed by atoms with van der Waals surface area (Å²) in [6.07, 6.45) is 0. The molecule has 0 aromatic heterocycles. The molecule has 0 bridgehead atoms. The summed E-state index contributed by atoms with van der Waals surface area (Å²) in [5, 5.41) is 2.85. The number of anilines is 1. The van der Waals surface area contributed by atoms with E-state index in [0.29, 0.717) is 23.8 Å². The second-order valence-electron chi connectivity index (χ2n) is 6.74. The molecule has 2 aromatic carbocycles. The molecule has 30 heavy (non-hydrogen) atoms. The summed E-state index contributed by atoms with van der Waals surface area (Å²) in [5.41, 5.74) is 1.24. The van der Waals surface area contributed by atoms with Crippen molar-refractivity contribution in [3.8, 4) is 17.2 Å². The van der Waals surface area contributed by atoms with Gasteiger partial charge in [0.15, 0.2) is 11.5 Å². The van der Waals surface area contributed by atoms with Crippen LogP contribution in [0.4, 0.5) is 5.69 Å². The summed E-state index contributed by atoms with van der Waals surface area (Å²) >= 11 is 0. The smallest absolute Gasteiger partial charge is 0.241 e. The number of ether oxygens (including phenoxy) is 3. The van der Waals surface area contributed by atoms with Crippen LogP contribution in [0.2, 0.25) is 0 Å². The van der Waals surface area contributed by atoms with Crippen LogP contribution in [0.25, 0.3) is 0 Å². The molecule has 0 saturated heterocycles. The Morgan fingerprint density at radius 1 is 1.13 bits per heavy atom. The number of hydrogen-bond donors (Lipinski definition) is 1. The predicted molar refractivity (Wildman–Crippen MR) is 114 cm³/mol. The first-order chi connectivity index (χ1) is 14.3. The largest absolute Gasteiger partial charge is 0.494 e. The van der Waals surface area contributed by atoms with E-state index < -0.39 is 15.9 Å². The van der Waals surface area contributed by atoms with Gasteiger partial charge in [-0.15, -0.1) is 0 Å². The number of carbonyl (C=O) groups is 1. The van der Waals surface area contributed by atoms with Gasteiger partial charge >= 0.3 is 0 Å². The minimum atomic E-state index is -3.68. The summed E-state index contributed by atoms with van der Waals surface area (Å²) in [5.74, 6) is 1.20. The molecule has 3 rings (SSSR count). The molecule has 1 amide bonds. The lowest BCUT2D eigenvalue weighted by Crippen LogP contribution is -2.42. The van der Waals surface area contributed by atoms with E-state index in [-0.39, 0.29) is 25.1 Å². The SMILES string of the molecule is CCOc1ccc(C(C)NC(=O)CN(c2ccc3c(c2)OCO3)S(=O)(=O)CC)cc1. The Morgan fingerprint density at radius 3 is 2.50 bits per heavy atom. The molecule has 8 nitrogen and oxygen atoms in total. The summed E-state index contributed by atoms with van der Waals surface area (Å²) in [7, 11) is -3.68. The molecule has 162 valence electrons. The maximum Gasteiger partial charge on any atom is 0.241 e. The summed E-state index contributed by atoms with van der Waals surface area (Å²) in [6, 6.07) is 11.9. The van der Waals surface area contributed by atoms with E-state index in [2.05, 4.69) is 5.32 Å². The van der Waals surface area contributed by atoms with E-state index in [9.17, 15) is 13.2 Å². The van der Waals surface area contributed by atoms with Gasteiger partial charge < -0.3 is 19.5 Å². The molecule has 2 aromatic rings. The number of rotatable bonds is 9. The Kier molecular flexibility index (Phi) is 6.71. The quantitative estimate of drug-likeness (QED) is 0.652. The molecule has 0 radical (unpaired) electrons. The first-order valence-electron chi connectivity index (χ1n) is 9.76. The van der Waals surface area contributed by atoms with E-state index in [0.717, 1.165) is 15.6 Å². The van der Waals surface area contributed by atoms with E-state index in [4.69, 9.17) is 14.2 Å². The average molecular weight is 435 g/mol. The lowest BCUT2D eigenvalue weighted by molar-refractivity contribution is -0.120. The summed E-state index contributed by atoms with van der Waals surface area (Å²) in [4.78, 5) is 12.7. The predicted octanol–water partition coefficient (Wildman–Crippen LogP) is 2.85. The van der Waals surface area contributed by atoms with E-state index in [1.54, 1.807) is 18.2 Å². The third kappa shape index (κ3) is 4.96. The number of sulfonamides is 1. The van der Waals surface area contributed by atoms with Crippen molar-refractivity contribution >= 4 is 21.6 Å². The van der Waals surface area contributed by atoms with Crippen molar-refractivity contribution in [3.63, 3.8) is 0 Å². The van der Waals surface area contributed by atoms with Gasteiger partial charge in [0, 0.05) is 6.07 Å². The van der Waals surface area contributed by atoms with Crippen LogP contribution in [0.5, 0.6) is 17.2 Å². The third-order valence-corrected chi connectivity index (χ3v) is 6.44. The second kappa shape index (κ2) is 9.25. The highest BCUT2D eigenvalue weighted by Gasteiger charge is 2.26. The molecule has 1 aliphatic rings. The Labute approximate surface area is 176 Å². The van der Waals surface area contributed by atoms with Crippen molar-refractivity contribution in [3.05, 3.63) is 48.0 Å². The van der Waals surface area contributed by atoms with Crippen LogP contribution < -0.4 is 23.8 Å². The van der Waals surface area contributed by atoms with Gasteiger partial charge in [-0.05, 0) is 50.6 Å². The fourth-order valence-corrected chi connectivity index (χ4v) is 4.13. The minimum Gasteiger partial charge on any atom is -0.494 e. The van der Waals surface area contributed by atoms with Crippen LogP contribution in [-0.4, -0.2) is 40.0 Å². The highest BCUT2D eigenvalue weighted by molar-refractivity contribution is 7.92. The van der Waals surface area contributed by atoms with Crippen LogP contribution in [0.1, 0.15) is 32.4 Å². The monoisotopic (exact) mass is 434 g/mol. The van der Waals surface area contributed by atoms with Crippen LogP contribution in [0, 0.1) is 0 Å². The number of nitrogens with zero attached hydrogens (tertiary/aromatic N) is 1. The zero-order valence-electron chi connectivity index (χ0n) is 17.3. The van der Waals surface area contributed by atoms with E-state index in [1.165, 1.54) is 6.92 Å². The highest BCUT2D eigenvalue weighted by atomic mass is 32.2. The van der Waals surface area contributed by atoms with Crippen LogP contribution in [0.15, 0.2) is 42.5 Å². The zero-order chi connectivity index (χ0) is 21.7. The van der Waals surface area contributed by atoms with Gasteiger partial charge in [0.25, 0.3) is 0 Å². The Morgan fingerprint density at radius 2 is 1.83 bits per heavy atom. The maximum atomic E-state index is 12.7. The van der Waals surface area contributed by atoms with Gasteiger partial charge in [-0.2, -0.15) is 0 Å². The highest BCUT2D eigenvalue weighted by Crippen LogP contribution is 2.36. The molecule has 1 heterocycles. The molecule has 1 unspecified atom stereocenters. The van der Waals surface area contributed by atoms with Gasteiger partial charge in [0.1, 0.15) is 12.3 Å². The van der Waals surface area contributed by atoms with Gasteiger partial charge in [0.05, 0.1) is 24.1 Å². The number of benzene rings is 2. The second-order valence-corrected chi connectivity index (χ2v) is 8.92. The van der Waals surface area contributed by atoms with Crippen molar-refractivity contribution in [1.82, 2.24) is 5.32 Å². The van der Waals surface area contributed by atoms with E-state index >= 15 is 0 Å². The standard InChI is InChI=1S/C21H26N2O6S/c1-4-27-18-9-6-16(7-10-18)15(3)22-21(24)13-23(30(25,26)5-2)17-8-11-19-20(12-17)29-14-28-19/h6-12,15H,4-5,13-14H2,1-3H3,(H,22,24). The molecular formula is C21H26N2O6S. The fourth-order valence-electron chi connectivity index (χ4n) is 3.07. The molecule has 0 fully saturated rings. The molecule has 0 saturated carbocycles. The van der Waals surface area contributed by atoms with Gasteiger partial charge in [0.2, 0.25) is 22.7 Å². The topological polar surface area (TPSA) is 94.2 Å². The number of carbonyl (C=O) groups excluding carboxylic acids is 1. The van der Waals surface area contributed by atoms with Gasteiger partial charge in [-0.3, -0.25) is 9.10 Å². The molecule has 9 heteroatoms. The first kappa shape index (κ1) is 21.8. The number of amides is 1. The zero-order valence-corrected chi connectivity index (χ0v) is 18.1. The van der Waals surface area contributed by atoms with Crippen LogP contribution >= 0.6 is 0 Å². The number of hydrogen-bond acceptors (Lipinski definition) is 6. The molecule has 1 atom stereocenters. The Bertz CT molecular complexity index is 991. The molecule has 0 spiro atoms. The third-order valence-electron chi connectivity index (χ3n) is 4.70.